The molecule has 29 heavy (non-hydrogen) atoms. The van der Waals surface area contributed by atoms with Crippen LogP contribution in [0.25, 0.3) is 0 Å². The van der Waals surface area contributed by atoms with Crippen molar-refractivity contribution in [2.24, 2.45) is 0 Å². The first kappa shape index (κ1) is 19.9. The number of urea groups is 1. The monoisotopic (exact) mass is 395 g/mol. The van der Waals surface area contributed by atoms with Crippen LogP contribution in [0, 0.1) is 0 Å². The molecule has 2 aliphatic heterocycles. The van der Waals surface area contributed by atoms with E-state index >= 15 is 0 Å². The second-order valence-electron chi connectivity index (χ2n) is 8.08. The van der Waals surface area contributed by atoms with Crippen LogP contribution in [0.5, 0.6) is 0 Å². The van der Waals surface area contributed by atoms with Crippen LogP contribution in [0.2, 0.25) is 0 Å². The van der Waals surface area contributed by atoms with E-state index in [0.717, 1.165) is 37.1 Å². The molecule has 2 aromatic carbocycles. The third kappa shape index (κ3) is 4.96. The third-order valence-electron chi connectivity index (χ3n) is 5.91. The topological polar surface area (TPSA) is 73.8 Å². The molecular weight excluding hydrogens is 366 g/mol. The van der Waals surface area contributed by atoms with Gasteiger partial charge in [-0.1, -0.05) is 60.7 Å². The van der Waals surface area contributed by atoms with Gasteiger partial charge in [0.05, 0.1) is 18.2 Å². The molecule has 2 fully saturated rings. The van der Waals surface area contributed by atoms with Gasteiger partial charge in [0.25, 0.3) is 0 Å². The largest absolute Gasteiger partial charge is 0.389 e. The fourth-order valence-corrected chi connectivity index (χ4v) is 4.24. The van der Waals surface area contributed by atoms with E-state index in [1.807, 2.05) is 36.4 Å². The maximum Gasteiger partial charge on any atom is 0.315 e. The van der Waals surface area contributed by atoms with E-state index in [1.165, 1.54) is 0 Å². The molecular formula is C23H29N3O3. The molecule has 6 heteroatoms. The zero-order valence-corrected chi connectivity index (χ0v) is 16.6. The van der Waals surface area contributed by atoms with Crippen molar-refractivity contribution in [1.29, 1.82) is 0 Å². The van der Waals surface area contributed by atoms with Gasteiger partial charge in [0, 0.05) is 26.2 Å². The molecule has 0 aromatic heterocycles. The lowest BCUT2D eigenvalue weighted by molar-refractivity contribution is -0.0134. The summed E-state index contributed by atoms with van der Waals surface area (Å²) in [5.41, 5.74) is 2.05. The van der Waals surface area contributed by atoms with Crippen LogP contribution in [0.4, 0.5) is 4.79 Å². The summed E-state index contributed by atoms with van der Waals surface area (Å²) in [6.45, 7) is 3.27. The van der Waals surface area contributed by atoms with E-state index in [0.29, 0.717) is 13.1 Å². The molecule has 1 spiro atoms. The van der Waals surface area contributed by atoms with Crippen molar-refractivity contribution in [1.82, 2.24) is 15.5 Å². The van der Waals surface area contributed by atoms with Crippen LogP contribution in [-0.4, -0.2) is 60.5 Å². The normalized spacial score (nSPS) is 19.9. The molecule has 4 rings (SSSR count). The Bertz CT molecular complexity index is 752. The Morgan fingerprint density at radius 3 is 2.10 bits per heavy atom. The van der Waals surface area contributed by atoms with Gasteiger partial charge < -0.3 is 25.4 Å². The van der Waals surface area contributed by atoms with Crippen molar-refractivity contribution in [3.63, 3.8) is 0 Å². The maximum absolute atomic E-state index is 11.5. The van der Waals surface area contributed by atoms with Crippen LogP contribution in [0.3, 0.4) is 0 Å². The van der Waals surface area contributed by atoms with Crippen molar-refractivity contribution >= 4 is 6.03 Å². The molecule has 2 saturated heterocycles. The lowest BCUT2D eigenvalue weighted by Gasteiger charge is -2.39. The average Bonchev–Trinajstić information content (AvgIpc) is 3.12. The van der Waals surface area contributed by atoms with Crippen molar-refractivity contribution in [2.45, 2.75) is 30.6 Å². The molecule has 2 amide bonds. The number of hydrogen-bond donors (Lipinski definition) is 3. The number of likely N-dealkylation sites (tertiary alicyclic amines) is 1. The van der Waals surface area contributed by atoms with Crippen LogP contribution >= 0.6 is 0 Å². The quantitative estimate of drug-likeness (QED) is 0.673. The third-order valence-corrected chi connectivity index (χ3v) is 5.91. The number of aliphatic hydroxyl groups excluding tert-OH is 1. The minimum atomic E-state index is -0.560. The van der Waals surface area contributed by atoms with E-state index in [1.54, 1.807) is 0 Å². The van der Waals surface area contributed by atoms with Gasteiger partial charge in [0.2, 0.25) is 0 Å². The highest BCUT2D eigenvalue weighted by Gasteiger charge is 2.40. The number of amides is 2. The van der Waals surface area contributed by atoms with E-state index in [4.69, 9.17) is 4.74 Å². The van der Waals surface area contributed by atoms with Gasteiger partial charge >= 0.3 is 6.03 Å². The summed E-state index contributed by atoms with van der Waals surface area (Å²) >= 11 is 0. The highest BCUT2D eigenvalue weighted by atomic mass is 16.5. The zero-order chi connectivity index (χ0) is 20.1. The lowest BCUT2D eigenvalue weighted by Crippen LogP contribution is -2.53. The molecule has 0 aliphatic carbocycles. The number of piperidine rings is 1. The van der Waals surface area contributed by atoms with Gasteiger partial charge in [0.15, 0.2) is 0 Å². The van der Waals surface area contributed by atoms with Gasteiger partial charge in [0.1, 0.15) is 6.10 Å². The molecule has 2 aliphatic rings. The Labute approximate surface area is 171 Å². The van der Waals surface area contributed by atoms with Gasteiger partial charge in [-0.2, -0.15) is 0 Å². The van der Waals surface area contributed by atoms with Crippen LogP contribution < -0.4 is 10.6 Å². The first-order chi connectivity index (χ1) is 14.1. The number of hydrogen-bond acceptors (Lipinski definition) is 4. The summed E-state index contributed by atoms with van der Waals surface area (Å²) in [6, 6.07) is 20.1. The molecule has 0 saturated carbocycles. The predicted octanol–water partition coefficient (Wildman–Crippen LogP) is 2.30. The van der Waals surface area contributed by atoms with Gasteiger partial charge in [-0.25, -0.2) is 4.79 Å². The van der Waals surface area contributed by atoms with Crippen LogP contribution in [-0.2, 0) is 4.74 Å². The number of carbonyl (C=O) groups is 1. The predicted molar refractivity (Wildman–Crippen MR) is 112 cm³/mol. The first-order valence-corrected chi connectivity index (χ1v) is 10.3. The molecule has 154 valence electrons. The number of rotatable bonds is 7. The number of nitrogens with zero attached hydrogens (tertiary/aromatic N) is 1. The summed E-state index contributed by atoms with van der Waals surface area (Å²) in [6.07, 6.45) is 1.04. The van der Waals surface area contributed by atoms with Gasteiger partial charge in [-0.15, -0.1) is 0 Å². The molecule has 1 atom stereocenters. The summed E-state index contributed by atoms with van der Waals surface area (Å²) in [7, 11) is 0. The number of nitrogens with one attached hydrogen (secondary N) is 2. The Kier molecular flexibility index (Phi) is 6.13. The lowest BCUT2D eigenvalue weighted by atomic mass is 9.88. The fourth-order valence-electron chi connectivity index (χ4n) is 4.24. The average molecular weight is 396 g/mol. The Balaban J connectivity index is 1.31. The number of carbonyl (C=O) groups excluding carboxylic acids is 1. The van der Waals surface area contributed by atoms with Crippen molar-refractivity contribution in [3.8, 4) is 0 Å². The van der Waals surface area contributed by atoms with Gasteiger partial charge in [-0.3, -0.25) is 0 Å². The fraction of sp³-hybridized carbons (Fsp3) is 0.435. The highest BCUT2D eigenvalue weighted by Crippen LogP contribution is 2.27. The summed E-state index contributed by atoms with van der Waals surface area (Å²) in [5.74, 6) is 0. The standard InChI is InChI=1S/C23H29N3O3/c27-20(15-26-13-11-23(12-14-26)17-24-22(28)25-23)16-29-21(18-7-3-1-4-8-18)19-9-5-2-6-10-19/h1-10,20-21,27H,11-17H2,(H2,24,25,28). The Hall–Kier alpha value is -2.41. The molecule has 2 heterocycles. The minimum Gasteiger partial charge on any atom is -0.389 e. The smallest absolute Gasteiger partial charge is 0.315 e. The van der Waals surface area contributed by atoms with E-state index < -0.39 is 6.10 Å². The number of aliphatic hydroxyl groups is 1. The van der Waals surface area contributed by atoms with Crippen LogP contribution in [0.15, 0.2) is 60.7 Å². The number of ether oxygens (including phenoxy) is 1. The van der Waals surface area contributed by atoms with E-state index in [2.05, 4.69) is 39.8 Å². The summed E-state index contributed by atoms with van der Waals surface area (Å²) in [4.78, 5) is 13.7. The second kappa shape index (κ2) is 8.95. The minimum absolute atomic E-state index is 0.0697. The molecule has 2 aromatic rings. The van der Waals surface area contributed by atoms with E-state index in [9.17, 15) is 9.90 Å². The van der Waals surface area contributed by atoms with Crippen molar-refractivity contribution in [3.05, 3.63) is 71.8 Å². The number of β-amino-alcohol motifs (C(OH)–C–C–N with tert-alkyl or cyclic N) is 1. The van der Waals surface area contributed by atoms with Crippen molar-refractivity contribution in [2.75, 3.05) is 32.8 Å². The SMILES string of the molecule is O=C1NCC2(CCN(CC(O)COC(c3ccccc3)c3ccccc3)CC2)N1. The highest BCUT2D eigenvalue weighted by molar-refractivity contribution is 5.77. The maximum atomic E-state index is 11.5. The second-order valence-corrected chi connectivity index (χ2v) is 8.08. The molecule has 0 radical (unpaired) electrons. The van der Waals surface area contributed by atoms with Crippen LogP contribution in [0.1, 0.15) is 30.1 Å². The first-order valence-electron chi connectivity index (χ1n) is 10.3. The molecule has 0 bridgehead atoms. The molecule has 6 nitrogen and oxygen atoms in total. The van der Waals surface area contributed by atoms with Gasteiger partial charge in [-0.05, 0) is 24.0 Å². The molecule has 3 N–H and O–H groups in total. The Morgan fingerprint density at radius 1 is 1.00 bits per heavy atom. The summed E-state index contributed by atoms with van der Waals surface area (Å²) < 4.78 is 6.18. The Morgan fingerprint density at radius 2 is 1.59 bits per heavy atom. The van der Waals surface area contributed by atoms with E-state index in [-0.39, 0.29) is 24.3 Å². The zero-order valence-electron chi connectivity index (χ0n) is 16.6. The summed E-state index contributed by atoms with van der Waals surface area (Å²) in [5, 5.41) is 16.5. The number of benzene rings is 2. The van der Waals surface area contributed by atoms with Crippen molar-refractivity contribution < 1.29 is 14.6 Å². The molecule has 1 unspecified atom stereocenters.